The first-order valence-corrected chi connectivity index (χ1v) is 5.84. The highest BCUT2D eigenvalue weighted by molar-refractivity contribution is 5.33. The molecule has 0 saturated heterocycles. The maximum atomic E-state index is 14.0. The SMILES string of the molecule is CCNC(c1ccoc1)c1cc(F)c(C)cc1F. The monoisotopic (exact) mass is 251 g/mol. The van der Waals surface area contributed by atoms with Gasteiger partial charge < -0.3 is 9.73 Å². The minimum Gasteiger partial charge on any atom is -0.472 e. The number of hydrogen-bond acceptors (Lipinski definition) is 2. The van der Waals surface area contributed by atoms with Crippen LogP contribution in [0.15, 0.2) is 35.1 Å². The van der Waals surface area contributed by atoms with Crippen LogP contribution in [0.3, 0.4) is 0 Å². The van der Waals surface area contributed by atoms with Crippen LogP contribution >= 0.6 is 0 Å². The van der Waals surface area contributed by atoms with Gasteiger partial charge in [-0.2, -0.15) is 0 Å². The molecular formula is C14H15F2NO. The van der Waals surface area contributed by atoms with Crippen LogP contribution in [0, 0.1) is 18.6 Å². The third kappa shape index (κ3) is 2.43. The first-order valence-electron chi connectivity index (χ1n) is 5.84. The number of rotatable bonds is 4. The zero-order valence-electron chi connectivity index (χ0n) is 10.3. The fourth-order valence-electron chi connectivity index (χ4n) is 1.93. The lowest BCUT2D eigenvalue weighted by Gasteiger charge is -2.18. The fourth-order valence-corrected chi connectivity index (χ4v) is 1.93. The molecule has 0 spiro atoms. The summed E-state index contributed by atoms with van der Waals surface area (Å²) < 4.78 is 32.5. The van der Waals surface area contributed by atoms with E-state index in [4.69, 9.17) is 4.42 Å². The van der Waals surface area contributed by atoms with E-state index >= 15 is 0 Å². The Morgan fingerprint density at radius 3 is 2.67 bits per heavy atom. The molecule has 0 saturated carbocycles. The summed E-state index contributed by atoms with van der Waals surface area (Å²) in [6.45, 7) is 4.10. The van der Waals surface area contributed by atoms with Gasteiger partial charge >= 0.3 is 0 Å². The first-order chi connectivity index (χ1) is 8.63. The average Bonchev–Trinajstić information content (AvgIpc) is 2.85. The number of halogens is 2. The van der Waals surface area contributed by atoms with Crippen LogP contribution in [0.4, 0.5) is 8.78 Å². The lowest BCUT2D eigenvalue weighted by atomic mass is 9.99. The Bertz CT molecular complexity index is 523. The van der Waals surface area contributed by atoms with Gasteiger partial charge in [-0.25, -0.2) is 8.78 Å². The van der Waals surface area contributed by atoms with E-state index in [0.717, 1.165) is 5.56 Å². The van der Waals surface area contributed by atoms with E-state index in [1.165, 1.54) is 24.7 Å². The topological polar surface area (TPSA) is 25.2 Å². The number of aryl methyl sites for hydroxylation is 1. The molecule has 18 heavy (non-hydrogen) atoms. The van der Waals surface area contributed by atoms with Crippen molar-refractivity contribution in [2.45, 2.75) is 19.9 Å². The molecule has 0 aliphatic rings. The molecular weight excluding hydrogens is 236 g/mol. The fraction of sp³-hybridized carbons (Fsp3) is 0.286. The van der Waals surface area contributed by atoms with Gasteiger partial charge in [-0.15, -0.1) is 0 Å². The highest BCUT2D eigenvalue weighted by atomic mass is 19.1. The van der Waals surface area contributed by atoms with E-state index in [9.17, 15) is 8.78 Å². The molecule has 1 unspecified atom stereocenters. The Morgan fingerprint density at radius 1 is 1.28 bits per heavy atom. The van der Waals surface area contributed by atoms with Crippen molar-refractivity contribution in [1.82, 2.24) is 5.32 Å². The van der Waals surface area contributed by atoms with Crippen molar-refractivity contribution in [3.63, 3.8) is 0 Å². The van der Waals surface area contributed by atoms with Gasteiger partial charge in [0.1, 0.15) is 11.6 Å². The van der Waals surface area contributed by atoms with Crippen molar-refractivity contribution in [1.29, 1.82) is 0 Å². The number of hydrogen-bond donors (Lipinski definition) is 1. The van der Waals surface area contributed by atoms with Crippen LogP contribution in [-0.4, -0.2) is 6.54 Å². The van der Waals surface area contributed by atoms with Crippen LogP contribution in [0.2, 0.25) is 0 Å². The van der Waals surface area contributed by atoms with Crippen molar-refractivity contribution < 1.29 is 13.2 Å². The van der Waals surface area contributed by atoms with Gasteiger partial charge in [0, 0.05) is 11.1 Å². The Labute approximate surface area is 105 Å². The summed E-state index contributed by atoms with van der Waals surface area (Å²) in [6.07, 6.45) is 3.05. The third-order valence-corrected chi connectivity index (χ3v) is 2.87. The van der Waals surface area contributed by atoms with Gasteiger partial charge in [0.15, 0.2) is 0 Å². The zero-order chi connectivity index (χ0) is 13.1. The number of benzene rings is 1. The molecule has 0 amide bonds. The maximum Gasteiger partial charge on any atom is 0.128 e. The molecule has 0 aliphatic carbocycles. The van der Waals surface area contributed by atoms with Gasteiger partial charge in [0.25, 0.3) is 0 Å². The van der Waals surface area contributed by atoms with Crippen molar-refractivity contribution in [2.24, 2.45) is 0 Å². The Morgan fingerprint density at radius 2 is 2.06 bits per heavy atom. The average molecular weight is 251 g/mol. The molecule has 0 aliphatic heterocycles. The first kappa shape index (κ1) is 12.8. The van der Waals surface area contributed by atoms with E-state index in [2.05, 4.69) is 5.32 Å². The summed E-state index contributed by atoms with van der Waals surface area (Å²) in [7, 11) is 0. The molecule has 1 atom stereocenters. The molecule has 1 heterocycles. The van der Waals surface area contributed by atoms with Gasteiger partial charge in [-0.1, -0.05) is 6.92 Å². The van der Waals surface area contributed by atoms with E-state index in [0.29, 0.717) is 17.7 Å². The minimum absolute atomic E-state index is 0.293. The second kappa shape index (κ2) is 5.31. The van der Waals surface area contributed by atoms with E-state index in [-0.39, 0.29) is 0 Å². The lowest BCUT2D eigenvalue weighted by Crippen LogP contribution is -2.22. The molecule has 96 valence electrons. The maximum absolute atomic E-state index is 14.0. The summed E-state index contributed by atoms with van der Waals surface area (Å²) in [6, 6.07) is 3.80. The summed E-state index contributed by atoms with van der Waals surface area (Å²) in [5.41, 5.74) is 1.37. The van der Waals surface area contributed by atoms with Gasteiger partial charge in [0.05, 0.1) is 18.6 Å². The van der Waals surface area contributed by atoms with Crippen molar-refractivity contribution in [2.75, 3.05) is 6.54 Å². The van der Waals surface area contributed by atoms with E-state index < -0.39 is 17.7 Å². The highest BCUT2D eigenvalue weighted by Gasteiger charge is 2.19. The molecule has 1 aromatic heterocycles. The molecule has 4 heteroatoms. The second-order valence-corrected chi connectivity index (χ2v) is 4.17. The normalized spacial score (nSPS) is 12.7. The Kier molecular flexibility index (Phi) is 3.77. The predicted molar refractivity (Wildman–Crippen MR) is 65.3 cm³/mol. The standard InChI is InChI=1S/C14H15F2NO/c1-3-17-14(10-4-5-18-8-10)11-7-12(15)9(2)6-13(11)16/h4-8,14,17H,3H2,1-2H3. The molecule has 2 rings (SSSR count). The van der Waals surface area contributed by atoms with Crippen LogP contribution in [0.5, 0.6) is 0 Å². The lowest BCUT2D eigenvalue weighted by molar-refractivity contribution is 0.529. The molecule has 1 aromatic carbocycles. The number of nitrogens with one attached hydrogen (secondary N) is 1. The van der Waals surface area contributed by atoms with Gasteiger partial charge in [-0.3, -0.25) is 0 Å². The smallest absolute Gasteiger partial charge is 0.128 e. The van der Waals surface area contributed by atoms with Crippen molar-refractivity contribution in [3.05, 3.63) is 59.1 Å². The quantitative estimate of drug-likeness (QED) is 0.898. The van der Waals surface area contributed by atoms with E-state index in [1.807, 2.05) is 6.92 Å². The minimum atomic E-state index is -0.416. The molecule has 0 bridgehead atoms. The van der Waals surface area contributed by atoms with Crippen LogP contribution in [-0.2, 0) is 0 Å². The predicted octanol–water partition coefficient (Wildman–Crippen LogP) is 3.57. The summed E-state index contributed by atoms with van der Waals surface area (Å²) in [5.74, 6) is -0.821. The van der Waals surface area contributed by atoms with Crippen molar-refractivity contribution in [3.8, 4) is 0 Å². The molecule has 0 fully saturated rings. The third-order valence-electron chi connectivity index (χ3n) is 2.87. The molecule has 2 aromatic rings. The van der Waals surface area contributed by atoms with Gasteiger partial charge in [0.2, 0.25) is 0 Å². The second-order valence-electron chi connectivity index (χ2n) is 4.17. The van der Waals surface area contributed by atoms with E-state index in [1.54, 1.807) is 13.0 Å². The zero-order valence-corrected chi connectivity index (χ0v) is 10.3. The molecule has 2 nitrogen and oxygen atoms in total. The van der Waals surface area contributed by atoms with Crippen LogP contribution in [0.1, 0.15) is 29.7 Å². The summed E-state index contributed by atoms with van der Waals surface area (Å²) in [5, 5.41) is 3.12. The molecule has 0 radical (unpaired) electrons. The summed E-state index contributed by atoms with van der Waals surface area (Å²) >= 11 is 0. The Balaban J connectivity index is 2.46. The largest absolute Gasteiger partial charge is 0.472 e. The van der Waals surface area contributed by atoms with Crippen LogP contribution in [0.25, 0.3) is 0 Å². The highest BCUT2D eigenvalue weighted by Crippen LogP contribution is 2.26. The van der Waals surface area contributed by atoms with Crippen molar-refractivity contribution >= 4 is 0 Å². The van der Waals surface area contributed by atoms with Gasteiger partial charge in [-0.05, 0) is 37.2 Å². The van der Waals surface area contributed by atoms with Crippen LogP contribution < -0.4 is 5.32 Å². The Hall–Kier alpha value is -1.68. The molecule has 1 N–H and O–H groups in total. The number of furan rings is 1. The summed E-state index contributed by atoms with van der Waals surface area (Å²) in [4.78, 5) is 0.